The van der Waals surface area contributed by atoms with Crippen molar-refractivity contribution in [2.45, 2.75) is 26.2 Å². The van der Waals surface area contributed by atoms with Crippen LogP contribution in [0.1, 0.15) is 26.2 Å². The zero-order chi connectivity index (χ0) is 8.81. The minimum Gasteiger partial charge on any atom is -0.419 e. The van der Waals surface area contributed by atoms with Crippen LogP contribution in [0.5, 0.6) is 0 Å². The Morgan fingerprint density at radius 3 is 2.58 bits per heavy atom. The van der Waals surface area contributed by atoms with Gasteiger partial charge >= 0.3 is 6.09 Å². The first-order valence-electron chi connectivity index (χ1n) is 4.41. The number of carbonyl (C=O) groups is 1. The molecule has 1 heterocycles. The van der Waals surface area contributed by atoms with Crippen LogP contribution in [0.25, 0.3) is 0 Å². The van der Waals surface area contributed by atoms with Gasteiger partial charge in [-0.15, -0.1) is 0 Å². The largest absolute Gasteiger partial charge is 0.419 e. The maximum Gasteiger partial charge on any atom is 0.414 e. The second kappa shape index (κ2) is 4.80. The molecule has 0 aromatic rings. The molecule has 12 heavy (non-hydrogen) atoms. The van der Waals surface area contributed by atoms with E-state index in [0.29, 0.717) is 0 Å². The average Bonchev–Trinajstić information content (AvgIpc) is 2.15. The highest BCUT2D eigenvalue weighted by Gasteiger charge is 2.16. The van der Waals surface area contributed by atoms with Crippen molar-refractivity contribution in [2.75, 3.05) is 13.1 Å². The fraction of sp³-hybridized carbons (Fsp3) is 0.667. The first kappa shape index (κ1) is 9.10. The van der Waals surface area contributed by atoms with E-state index < -0.39 is 0 Å². The third kappa shape index (κ3) is 2.57. The van der Waals surface area contributed by atoms with Crippen molar-refractivity contribution in [3.05, 3.63) is 12.3 Å². The number of nitrogens with zero attached hydrogens (tertiary/aromatic N) is 1. The number of piperidine rings is 1. The molecule has 0 radical (unpaired) electrons. The Kier molecular flexibility index (Phi) is 3.64. The molecule has 1 fully saturated rings. The second-order valence-corrected chi connectivity index (χ2v) is 2.90. The van der Waals surface area contributed by atoms with E-state index in [1.54, 1.807) is 11.0 Å². The van der Waals surface area contributed by atoms with Crippen molar-refractivity contribution < 1.29 is 9.53 Å². The van der Waals surface area contributed by atoms with Crippen molar-refractivity contribution in [1.82, 2.24) is 4.90 Å². The molecule has 1 amide bonds. The first-order chi connectivity index (χ1) is 5.84. The molecule has 1 saturated heterocycles. The van der Waals surface area contributed by atoms with Gasteiger partial charge in [0.15, 0.2) is 0 Å². The summed E-state index contributed by atoms with van der Waals surface area (Å²) in [5.41, 5.74) is 0. The summed E-state index contributed by atoms with van der Waals surface area (Å²) >= 11 is 0. The molecule has 0 bridgehead atoms. The van der Waals surface area contributed by atoms with Gasteiger partial charge in [0.2, 0.25) is 0 Å². The van der Waals surface area contributed by atoms with E-state index in [9.17, 15) is 4.79 Å². The van der Waals surface area contributed by atoms with Crippen LogP contribution < -0.4 is 0 Å². The number of carbonyl (C=O) groups excluding carboxylic acids is 1. The molecule has 3 heteroatoms. The molecule has 0 aromatic heterocycles. The van der Waals surface area contributed by atoms with Gasteiger partial charge < -0.3 is 9.64 Å². The average molecular weight is 169 g/mol. The number of ether oxygens (including phenoxy) is 1. The summed E-state index contributed by atoms with van der Waals surface area (Å²) in [6, 6.07) is 0. The Labute approximate surface area is 73.0 Å². The number of amides is 1. The van der Waals surface area contributed by atoms with E-state index >= 15 is 0 Å². The lowest BCUT2D eigenvalue weighted by molar-refractivity contribution is 0.128. The highest BCUT2D eigenvalue weighted by molar-refractivity contribution is 5.68. The highest BCUT2D eigenvalue weighted by atomic mass is 16.5. The molecule has 0 aliphatic carbocycles. The zero-order valence-corrected chi connectivity index (χ0v) is 7.45. The van der Waals surface area contributed by atoms with Gasteiger partial charge in [-0.3, -0.25) is 0 Å². The van der Waals surface area contributed by atoms with Crippen LogP contribution in [0.15, 0.2) is 12.3 Å². The Morgan fingerprint density at radius 1 is 1.33 bits per heavy atom. The molecule has 0 unspecified atom stereocenters. The van der Waals surface area contributed by atoms with Gasteiger partial charge in [0.05, 0.1) is 6.26 Å². The summed E-state index contributed by atoms with van der Waals surface area (Å²) in [6.07, 6.45) is 6.36. The third-order valence-corrected chi connectivity index (χ3v) is 1.92. The summed E-state index contributed by atoms with van der Waals surface area (Å²) in [7, 11) is 0. The quantitative estimate of drug-likeness (QED) is 0.563. The fourth-order valence-electron chi connectivity index (χ4n) is 1.28. The van der Waals surface area contributed by atoms with E-state index in [-0.39, 0.29) is 6.09 Å². The zero-order valence-electron chi connectivity index (χ0n) is 7.45. The molecule has 0 spiro atoms. The van der Waals surface area contributed by atoms with Gasteiger partial charge in [0.1, 0.15) is 0 Å². The van der Waals surface area contributed by atoms with Gasteiger partial charge in [0, 0.05) is 13.1 Å². The number of likely N-dealkylation sites (tertiary alicyclic amines) is 1. The molecule has 68 valence electrons. The number of hydrogen-bond acceptors (Lipinski definition) is 2. The molecule has 3 nitrogen and oxygen atoms in total. The number of hydrogen-bond donors (Lipinski definition) is 0. The van der Waals surface area contributed by atoms with Crippen LogP contribution >= 0.6 is 0 Å². The maximum absolute atomic E-state index is 11.2. The van der Waals surface area contributed by atoms with Crippen molar-refractivity contribution in [3.8, 4) is 0 Å². The summed E-state index contributed by atoms with van der Waals surface area (Å²) in [4.78, 5) is 13.0. The Morgan fingerprint density at radius 2 is 2.00 bits per heavy atom. The van der Waals surface area contributed by atoms with Crippen molar-refractivity contribution >= 4 is 6.09 Å². The normalized spacial score (nSPS) is 18.2. The summed E-state index contributed by atoms with van der Waals surface area (Å²) in [5.74, 6) is 0. The van der Waals surface area contributed by atoms with E-state index in [1.807, 2.05) is 6.92 Å². The molecular formula is C9H15NO2. The van der Waals surface area contributed by atoms with E-state index in [2.05, 4.69) is 0 Å². The molecule has 0 N–H and O–H groups in total. The second-order valence-electron chi connectivity index (χ2n) is 2.90. The molecular weight excluding hydrogens is 154 g/mol. The molecule has 1 aliphatic rings. The van der Waals surface area contributed by atoms with Crippen molar-refractivity contribution in [3.63, 3.8) is 0 Å². The predicted octanol–water partition coefficient (Wildman–Crippen LogP) is 2.14. The van der Waals surface area contributed by atoms with Crippen molar-refractivity contribution in [1.29, 1.82) is 0 Å². The van der Waals surface area contributed by atoms with Gasteiger partial charge in [-0.05, 0) is 26.2 Å². The van der Waals surface area contributed by atoms with Crippen LogP contribution in [0.4, 0.5) is 4.79 Å². The number of allylic oxidation sites excluding steroid dienone is 1. The Balaban J connectivity index is 2.29. The SMILES string of the molecule is CC=COC(=O)N1CCCCC1. The summed E-state index contributed by atoms with van der Waals surface area (Å²) in [5, 5.41) is 0. The molecule has 1 aliphatic heterocycles. The van der Waals surface area contributed by atoms with Crippen LogP contribution in [0.2, 0.25) is 0 Å². The standard InChI is InChI=1S/C9H15NO2/c1-2-8-12-9(11)10-6-4-3-5-7-10/h2,8H,3-7H2,1H3. The highest BCUT2D eigenvalue weighted by Crippen LogP contribution is 2.09. The predicted molar refractivity (Wildman–Crippen MR) is 46.7 cm³/mol. The lowest BCUT2D eigenvalue weighted by atomic mass is 10.1. The van der Waals surface area contributed by atoms with Gasteiger partial charge in [0.25, 0.3) is 0 Å². The monoisotopic (exact) mass is 169 g/mol. The summed E-state index contributed by atoms with van der Waals surface area (Å²) in [6.45, 7) is 3.51. The molecule has 1 rings (SSSR count). The topological polar surface area (TPSA) is 29.5 Å². The van der Waals surface area contributed by atoms with Crippen LogP contribution in [0.3, 0.4) is 0 Å². The fourth-order valence-corrected chi connectivity index (χ4v) is 1.28. The van der Waals surface area contributed by atoms with Crippen LogP contribution in [0, 0.1) is 0 Å². The molecule has 0 saturated carbocycles. The first-order valence-corrected chi connectivity index (χ1v) is 4.41. The van der Waals surface area contributed by atoms with Crippen LogP contribution in [-0.4, -0.2) is 24.1 Å². The number of rotatable bonds is 1. The minimum atomic E-state index is -0.215. The minimum absolute atomic E-state index is 0.215. The lowest BCUT2D eigenvalue weighted by Gasteiger charge is -2.24. The van der Waals surface area contributed by atoms with E-state index in [4.69, 9.17) is 4.74 Å². The Hall–Kier alpha value is -0.990. The summed E-state index contributed by atoms with van der Waals surface area (Å²) < 4.78 is 4.84. The lowest BCUT2D eigenvalue weighted by Crippen LogP contribution is -2.35. The van der Waals surface area contributed by atoms with Crippen LogP contribution in [-0.2, 0) is 4.74 Å². The molecule has 0 atom stereocenters. The van der Waals surface area contributed by atoms with E-state index in [1.165, 1.54) is 12.7 Å². The van der Waals surface area contributed by atoms with E-state index in [0.717, 1.165) is 25.9 Å². The Bertz CT molecular complexity index is 171. The van der Waals surface area contributed by atoms with Crippen molar-refractivity contribution in [2.24, 2.45) is 0 Å². The van der Waals surface area contributed by atoms with Gasteiger partial charge in [-0.1, -0.05) is 6.08 Å². The maximum atomic E-state index is 11.2. The third-order valence-electron chi connectivity index (χ3n) is 1.92. The van der Waals surface area contributed by atoms with Gasteiger partial charge in [-0.25, -0.2) is 4.79 Å². The van der Waals surface area contributed by atoms with Gasteiger partial charge in [-0.2, -0.15) is 0 Å². The molecule has 0 aromatic carbocycles. The smallest absolute Gasteiger partial charge is 0.414 e.